The molecule has 2 fully saturated rings. The number of carbonyl (C=O) groups is 1. The highest BCUT2D eigenvalue weighted by molar-refractivity contribution is 8.00. The van der Waals surface area contributed by atoms with Gasteiger partial charge in [0.2, 0.25) is 5.91 Å². The molecular formula is C9H16N2OS. The largest absolute Gasteiger partial charge is 0.353 e. The molecule has 0 spiro atoms. The lowest BCUT2D eigenvalue weighted by Gasteiger charge is -2.07. The first-order valence-corrected chi connectivity index (χ1v) is 6.01. The van der Waals surface area contributed by atoms with Crippen LogP contribution in [0.1, 0.15) is 19.3 Å². The molecule has 2 rings (SSSR count). The molecule has 74 valence electrons. The van der Waals surface area contributed by atoms with E-state index < -0.39 is 0 Å². The zero-order chi connectivity index (χ0) is 9.10. The van der Waals surface area contributed by atoms with Gasteiger partial charge in [0.25, 0.3) is 0 Å². The molecule has 0 aromatic carbocycles. The van der Waals surface area contributed by atoms with Gasteiger partial charge in [0.05, 0.1) is 5.75 Å². The third kappa shape index (κ3) is 3.19. The zero-order valence-electron chi connectivity index (χ0n) is 7.71. The Morgan fingerprint density at radius 3 is 2.92 bits per heavy atom. The summed E-state index contributed by atoms with van der Waals surface area (Å²) >= 11 is 1.79. The van der Waals surface area contributed by atoms with E-state index in [1.807, 2.05) is 0 Å². The van der Waals surface area contributed by atoms with Crippen molar-refractivity contribution in [3.8, 4) is 0 Å². The molecule has 1 amide bonds. The lowest BCUT2D eigenvalue weighted by molar-refractivity contribution is -0.118. The lowest BCUT2D eigenvalue weighted by atomic mass is 10.4. The molecule has 1 atom stereocenters. The first kappa shape index (κ1) is 9.34. The summed E-state index contributed by atoms with van der Waals surface area (Å²) in [4.78, 5) is 11.3. The molecule has 1 heterocycles. The molecule has 2 aliphatic rings. The fourth-order valence-corrected chi connectivity index (χ4v) is 2.45. The Balaban J connectivity index is 1.57. The molecule has 0 radical (unpaired) electrons. The number of nitrogens with one attached hydrogen (secondary N) is 2. The third-order valence-electron chi connectivity index (χ3n) is 2.41. The van der Waals surface area contributed by atoms with Gasteiger partial charge in [-0.3, -0.25) is 4.79 Å². The first-order chi connectivity index (χ1) is 6.34. The van der Waals surface area contributed by atoms with Crippen LogP contribution in [-0.2, 0) is 4.79 Å². The standard InChI is InChI=1S/C9H16N2OS/c12-9(11-7-1-2-7)6-13-8-3-4-10-5-8/h7-8,10H,1-6H2,(H,11,12). The Bertz CT molecular complexity index is 188. The molecule has 0 bridgehead atoms. The summed E-state index contributed by atoms with van der Waals surface area (Å²) in [5, 5.41) is 6.95. The van der Waals surface area contributed by atoms with Crippen molar-refractivity contribution in [2.75, 3.05) is 18.8 Å². The average molecular weight is 200 g/mol. The van der Waals surface area contributed by atoms with Crippen LogP contribution in [0.15, 0.2) is 0 Å². The van der Waals surface area contributed by atoms with Crippen molar-refractivity contribution < 1.29 is 4.79 Å². The van der Waals surface area contributed by atoms with E-state index in [1.54, 1.807) is 11.8 Å². The smallest absolute Gasteiger partial charge is 0.230 e. The summed E-state index contributed by atoms with van der Waals surface area (Å²) in [6.07, 6.45) is 3.57. The van der Waals surface area contributed by atoms with Gasteiger partial charge in [-0.2, -0.15) is 0 Å². The van der Waals surface area contributed by atoms with Crippen molar-refractivity contribution in [2.45, 2.75) is 30.6 Å². The average Bonchev–Trinajstić information content (AvgIpc) is 2.78. The van der Waals surface area contributed by atoms with Crippen molar-refractivity contribution in [3.05, 3.63) is 0 Å². The molecule has 0 aromatic rings. The van der Waals surface area contributed by atoms with Crippen LogP contribution in [0.25, 0.3) is 0 Å². The predicted molar refractivity (Wildman–Crippen MR) is 54.9 cm³/mol. The first-order valence-electron chi connectivity index (χ1n) is 4.96. The SMILES string of the molecule is O=C(CSC1CCNC1)NC1CC1. The molecular weight excluding hydrogens is 184 g/mol. The molecule has 1 aliphatic carbocycles. The van der Waals surface area contributed by atoms with Crippen molar-refractivity contribution in [1.29, 1.82) is 0 Å². The van der Waals surface area contributed by atoms with Crippen molar-refractivity contribution in [2.24, 2.45) is 0 Å². The molecule has 4 heteroatoms. The van der Waals surface area contributed by atoms with E-state index in [0.717, 1.165) is 13.1 Å². The van der Waals surface area contributed by atoms with Crippen molar-refractivity contribution in [3.63, 3.8) is 0 Å². The minimum atomic E-state index is 0.222. The number of amides is 1. The van der Waals surface area contributed by atoms with Gasteiger partial charge in [-0.15, -0.1) is 11.8 Å². The third-order valence-corrected chi connectivity index (χ3v) is 3.71. The second kappa shape index (κ2) is 4.33. The van der Waals surface area contributed by atoms with Crippen LogP contribution in [-0.4, -0.2) is 36.0 Å². The predicted octanol–water partition coefficient (Wildman–Crippen LogP) is 0.360. The van der Waals surface area contributed by atoms with Crippen LogP contribution in [0, 0.1) is 0 Å². The Hall–Kier alpha value is -0.220. The van der Waals surface area contributed by atoms with Gasteiger partial charge in [0, 0.05) is 17.8 Å². The fourth-order valence-electron chi connectivity index (χ4n) is 1.46. The fraction of sp³-hybridized carbons (Fsp3) is 0.889. The minimum absolute atomic E-state index is 0.222. The van der Waals surface area contributed by atoms with Gasteiger partial charge in [-0.25, -0.2) is 0 Å². The molecule has 1 saturated heterocycles. The van der Waals surface area contributed by atoms with Gasteiger partial charge in [-0.1, -0.05) is 0 Å². The topological polar surface area (TPSA) is 41.1 Å². The maximum atomic E-state index is 11.3. The Morgan fingerprint density at radius 2 is 2.31 bits per heavy atom. The molecule has 1 unspecified atom stereocenters. The van der Waals surface area contributed by atoms with Gasteiger partial charge >= 0.3 is 0 Å². The summed E-state index contributed by atoms with van der Waals surface area (Å²) in [5.41, 5.74) is 0. The summed E-state index contributed by atoms with van der Waals surface area (Å²) in [6, 6.07) is 0.509. The van der Waals surface area contributed by atoms with Crippen LogP contribution in [0.4, 0.5) is 0 Å². The quantitative estimate of drug-likeness (QED) is 0.688. The van der Waals surface area contributed by atoms with Crippen LogP contribution in [0.3, 0.4) is 0 Å². The minimum Gasteiger partial charge on any atom is -0.353 e. The van der Waals surface area contributed by atoms with E-state index in [9.17, 15) is 4.79 Å². The van der Waals surface area contributed by atoms with Gasteiger partial charge in [0.15, 0.2) is 0 Å². The molecule has 2 N–H and O–H groups in total. The zero-order valence-corrected chi connectivity index (χ0v) is 8.53. The molecule has 0 aromatic heterocycles. The van der Waals surface area contributed by atoms with E-state index in [4.69, 9.17) is 0 Å². The van der Waals surface area contributed by atoms with E-state index in [-0.39, 0.29) is 5.91 Å². The number of thioether (sulfide) groups is 1. The maximum Gasteiger partial charge on any atom is 0.230 e. The van der Waals surface area contributed by atoms with Crippen LogP contribution < -0.4 is 10.6 Å². The Morgan fingerprint density at radius 1 is 1.46 bits per heavy atom. The summed E-state index contributed by atoms with van der Waals surface area (Å²) in [7, 11) is 0. The van der Waals surface area contributed by atoms with E-state index in [2.05, 4.69) is 10.6 Å². The number of hydrogen-bond acceptors (Lipinski definition) is 3. The molecule has 1 saturated carbocycles. The van der Waals surface area contributed by atoms with Gasteiger partial charge < -0.3 is 10.6 Å². The maximum absolute atomic E-state index is 11.3. The van der Waals surface area contributed by atoms with Crippen molar-refractivity contribution in [1.82, 2.24) is 10.6 Å². The summed E-state index contributed by atoms with van der Waals surface area (Å²) < 4.78 is 0. The highest BCUT2D eigenvalue weighted by Gasteiger charge is 2.23. The van der Waals surface area contributed by atoms with Gasteiger partial charge in [-0.05, 0) is 25.8 Å². The number of hydrogen-bond donors (Lipinski definition) is 2. The highest BCUT2D eigenvalue weighted by atomic mass is 32.2. The van der Waals surface area contributed by atoms with Gasteiger partial charge in [0.1, 0.15) is 0 Å². The summed E-state index contributed by atoms with van der Waals surface area (Å²) in [5.74, 6) is 0.863. The second-order valence-electron chi connectivity index (χ2n) is 3.77. The normalized spacial score (nSPS) is 27.5. The van der Waals surface area contributed by atoms with E-state index >= 15 is 0 Å². The Labute approximate surface area is 83.0 Å². The highest BCUT2D eigenvalue weighted by Crippen LogP contribution is 2.20. The van der Waals surface area contributed by atoms with Crippen LogP contribution in [0.2, 0.25) is 0 Å². The van der Waals surface area contributed by atoms with Crippen molar-refractivity contribution >= 4 is 17.7 Å². The Kier molecular flexibility index (Phi) is 3.11. The summed E-state index contributed by atoms with van der Waals surface area (Å²) in [6.45, 7) is 2.18. The van der Waals surface area contributed by atoms with Crippen LogP contribution in [0.5, 0.6) is 0 Å². The second-order valence-corrected chi connectivity index (χ2v) is 5.06. The van der Waals surface area contributed by atoms with Crippen LogP contribution >= 0.6 is 11.8 Å². The number of rotatable bonds is 4. The van der Waals surface area contributed by atoms with E-state index in [1.165, 1.54) is 19.3 Å². The van der Waals surface area contributed by atoms with E-state index in [0.29, 0.717) is 17.0 Å². The number of carbonyl (C=O) groups excluding carboxylic acids is 1. The monoisotopic (exact) mass is 200 g/mol. The molecule has 3 nitrogen and oxygen atoms in total. The lowest BCUT2D eigenvalue weighted by Crippen LogP contribution is -2.28. The molecule has 13 heavy (non-hydrogen) atoms. The molecule has 1 aliphatic heterocycles.